The molecular weight excluding hydrogens is 374 g/mol. The molecule has 1 heterocycles. The first-order valence-corrected chi connectivity index (χ1v) is 9.70. The Morgan fingerprint density at radius 3 is 2.39 bits per heavy atom. The number of hydrogen-bond acceptors (Lipinski definition) is 3. The number of rotatable bonds is 5. The highest BCUT2D eigenvalue weighted by Gasteiger charge is 2.24. The molecule has 1 atom stereocenters. The van der Waals surface area contributed by atoms with Crippen molar-refractivity contribution in [2.75, 3.05) is 7.05 Å². The van der Waals surface area contributed by atoms with Crippen LogP contribution in [0.1, 0.15) is 39.1 Å². The third-order valence-electron chi connectivity index (χ3n) is 4.82. The van der Waals surface area contributed by atoms with E-state index in [1.54, 1.807) is 46.8 Å². The lowest BCUT2D eigenvalue weighted by molar-refractivity contribution is -0.132. The summed E-state index contributed by atoms with van der Waals surface area (Å²) in [5, 5.41) is 1.12. The highest BCUT2D eigenvalue weighted by molar-refractivity contribution is 6.30. The van der Waals surface area contributed by atoms with Gasteiger partial charge in [0.15, 0.2) is 0 Å². The van der Waals surface area contributed by atoms with Crippen LogP contribution in [0.2, 0.25) is 5.02 Å². The average molecular weight is 398 g/mol. The number of amides is 1. The Morgan fingerprint density at radius 1 is 1.11 bits per heavy atom. The molecule has 6 heteroatoms. The first-order chi connectivity index (χ1) is 13.3. The van der Waals surface area contributed by atoms with Crippen LogP contribution in [0.25, 0.3) is 16.6 Å². The summed E-state index contributed by atoms with van der Waals surface area (Å²) in [4.78, 5) is 32.3. The summed E-state index contributed by atoms with van der Waals surface area (Å²) in [6, 6.07) is 13.9. The maximum atomic E-state index is 13.3. The van der Waals surface area contributed by atoms with Gasteiger partial charge in [-0.1, -0.05) is 37.6 Å². The van der Waals surface area contributed by atoms with Gasteiger partial charge in [-0.25, -0.2) is 4.98 Å². The van der Waals surface area contributed by atoms with Gasteiger partial charge in [0.2, 0.25) is 5.91 Å². The number of hydrogen-bond donors (Lipinski definition) is 0. The second kappa shape index (κ2) is 8.15. The van der Waals surface area contributed by atoms with Gasteiger partial charge < -0.3 is 4.90 Å². The lowest BCUT2D eigenvalue weighted by atomic mass is 10.1. The maximum absolute atomic E-state index is 13.3. The highest BCUT2D eigenvalue weighted by Crippen LogP contribution is 2.23. The number of benzene rings is 2. The van der Waals surface area contributed by atoms with Crippen LogP contribution < -0.4 is 5.56 Å². The van der Waals surface area contributed by atoms with E-state index in [1.165, 1.54) is 0 Å². The minimum atomic E-state index is -0.376. The first kappa shape index (κ1) is 20.1. The Morgan fingerprint density at radius 2 is 1.75 bits per heavy atom. The summed E-state index contributed by atoms with van der Waals surface area (Å²) in [5.74, 6) is 0.795. The highest BCUT2D eigenvalue weighted by atomic mass is 35.5. The molecule has 28 heavy (non-hydrogen) atoms. The van der Waals surface area contributed by atoms with Gasteiger partial charge in [-0.05, 0) is 49.2 Å². The molecule has 1 amide bonds. The van der Waals surface area contributed by atoms with Crippen LogP contribution in [-0.4, -0.2) is 27.4 Å². The van der Waals surface area contributed by atoms with Gasteiger partial charge in [-0.15, -0.1) is 0 Å². The van der Waals surface area contributed by atoms with Gasteiger partial charge >= 0.3 is 0 Å². The molecule has 0 aliphatic heterocycles. The molecule has 0 aliphatic rings. The van der Waals surface area contributed by atoms with Crippen molar-refractivity contribution in [3.8, 4) is 5.69 Å². The molecule has 146 valence electrons. The van der Waals surface area contributed by atoms with Crippen molar-refractivity contribution in [1.29, 1.82) is 0 Å². The van der Waals surface area contributed by atoms with Gasteiger partial charge in [-0.2, -0.15) is 0 Å². The number of aromatic nitrogens is 2. The van der Waals surface area contributed by atoms with Crippen LogP contribution in [-0.2, 0) is 4.79 Å². The summed E-state index contributed by atoms with van der Waals surface area (Å²) >= 11 is 6.02. The van der Waals surface area contributed by atoms with Gasteiger partial charge in [0.1, 0.15) is 5.82 Å². The molecule has 5 nitrogen and oxygen atoms in total. The monoisotopic (exact) mass is 397 g/mol. The summed E-state index contributed by atoms with van der Waals surface area (Å²) in [6.45, 7) is 5.91. The van der Waals surface area contributed by atoms with E-state index < -0.39 is 0 Å². The molecule has 0 N–H and O–H groups in total. The normalized spacial score (nSPS) is 12.4. The topological polar surface area (TPSA) is 55.2 Å². The number of halogens is 1. The quantitative estimate of drug-likeness (QED) is 0.632. The van der Waals surface area contributed by atoms with Gasteiger partial charge in [0.25, 0.3) is 5.56 Å². The van der Waals surface area contributed by atoms with Crippen LogP contribution in [0, 0.1) is 5.92 Å². The van der Waals surface area contributed by atoms with Crippen LogP contribution in [0.5, 0.6) is 0 Å². The van der Waals surface area contributed by atoms with E-state index in [4.69, 9.17) is 16.6 Å². The molecule has 1 aromatic heterocycles. The van der Waals surface area contributed by atoms with E-state index in [0.29, 0.717) is 33.9 Å². The second-order valence-corrected chi connectivity index (χ2v) is 7.82. The molecule has 2 aromatic carbocycles. The number of carbonyl (C=O) groups is 1. The zero-order valence-electron chi connectivity index (χ0n) is 16.5. The van der Waals surface area contributed by atoms with Gasteiger partial charge in [0.05, 0.1) is 22.6 Å². The third-order valence-corrected chi connectivity index (χ3v) is 5.07. The Hall–Kier alpha value is -2.66. The summed E-state index contributed by atoms with van der Waals surface area (Å²) in [7, 11) is 1.75. The number of nitrogens with zero attached hydrogens (tertiary/aromatic N) is 3. The fourth-order valence-corrected chi connectivity index (χ4v) is 3.28. The number of carbonyl (C=O) groups excluding carboxylic acids is 1. The van der Waals surface area contributed by atoms with Crippen molar-refractivity contribution in [1.82, 2.24) is 14.5 Å². The van der Waals surface area contributed by atoms with Crippen molar-refractivity contribution in [2.45, 2.75) is 33.2 Å². The van der Waals surface area contributed by atoms with Crippen LogP contribution >= 0.6 is 11.6 Å². The van der Waals surface area contributed by atoms with E-state index in [-0.39, 0.29) is 23.4 Å². The second-order valence-electron chi connectivity index (χ2n) is 7.38. The summed E-state index contributed by atoms with van der Waals surface area (Å²) in [6.07, 6.45) is 0.444. The molecule has 0 saturated heterocycles. The van der Waals surface area contributed by atoms with Crippen molar-refractivity contribution in [2.24, 2.45) is 5.92 Å². The molecule has 0 spiro atoms. The fourth-order valence-electron chi connectivity index (χ4n) is 3.15. The molecule has 0 fully saturated rings. The molecule has 0 bridgehead atoms. The van der Waals surface area contributed by atoms with E-state index in [9.17, 15) is 9.59 Å². The first-order valence-electron chi connectivity index (χ1n) is 9.33. The Balaban J connectivity index is 2.20. The fraction of sp³-hybridized carbons (Fsp3) is 0.318. The van der Waals surface area contributed by atoms with Crippen LogP contribution in [0.3, 0.4) is 0 Å². The Bertz CT molecular complexity index is 1060. The molecular formula is C22H24ClN3O2. The zero-order chi connectivity index (χ0) is 20.4. The van der Waals surface area contributed by atoms with Crippen molar-refractivity contribution >= 4 is 28.4 Å². The largest absolute Gasteiger partial charge is 0.336 e. The maximum Gasteiger partial charge on any atom is 0.266 e. The SMILES string of the molecule is CC(C)CC(=O)N(C)C(C)c1nc2ccccc2c(=O)n1-c1ccc(Cl)cc1. The van der Waals surface area contributed by atoms with Crippen molar-refractivity contribution in [3.05, 3.63) is 69.7 Å². The van der Waals surface area contributed by atoms with E-state index in [2.05, 4.69) is 0 Å². The summed E-state index contributed by atoms with van der Waals surface area (Å²) in [5.41, 5.74) is 1.11. The van der Waals surface area contributed by atoms with Crippen LogP contribution in [0.15, 0.2) is 53.3 Å². The Kier molecular flexibility index (Phi) is 5.84. The van der Waals surface area contributed by atoms with Gasteiger partial charge in [0, 0.05) is 18.5 Å². The minimum Gasteiger partial charge on any atom is -0.336 e. The summed E-state index contributed by atoms with van der Waals surface area (Å²) < 4.78 is 1.57. The third kappa shape index (κ3) is 3.94. The van der Waals surface area contributed by atoms with Crippen molar-refractivity contribution < 1.29 is 4.79 Å². The lowest BCUT2D eigenvalue weighted by Crippen LogP contribution is -2.35. The number of para-hydroxylation sites is 1. The molecule has 1 unspecified atom stereocenters. The minimum absolute atomic E-state index is 0.0209. The molecule has 0 saturated carbocycles. The predicted octanol–water partition coefficient (Wildman–Crippen LogP) is 4.60. The predicted molar refractivity (Wildman–Crippen MR) is 113 cm³/mol. The zero-order valence-corrected chi connectivity index (χ0v) is 17.3. The van der Waals surface area contributed by atoms with Crippen LogP contribution in [0.4, 0.5) is 0 Å². The van der Waals surface area contributed by atoms with Crippen molar-refractivity contribution in [3.63, 3.8) is 0 Å². The van der Waals surface area contributed by atoms with E-state index in [1.807, 2.05) is 39.0 Å². The van der Waals surface area contributed by atoms with E-state index >= 15 is 0 Å². The molecule has 3 rings (SSSR count). The average Bonchev–Trinajstić information content (AvgIpc) is 2.67. The molecule has 0 aliphatic carbocycles. The number of fused-ring (bicyclic) bond motifs is 1. The van der Waals surface area contributed by atoms with Gasteiger partial charge in [-0.3, -0.25) is 14.2 Å². The molecule has 3 aromatic rings. The van der Waals surface area contributed by atoms with E-state index in [0.717, 1.165) is 0 Å². The Labute approximate surface area is 169 Å². The standard InChI is InChI=1S/C22H24ClN3O2/c1-14(2)13-20(27)25(4)15(3)21-24-19-8-6-5-7-18(19)22(28)26(21)17-11-9-16(23)10-12-17/h5-12,14-15H,13H2,1-4H3. The lowest BCUT2D eigenvalue weighted by Gasteiger charge is -2.27. The molecule has 0 radical (unpaired) electrons. The smallest absolute Gasteiger partial charge is 0.266 e.